The quantitative estimate of drug-likeness (QED) is 0.244. The fraction of sp³-hybridized carbons (Fsp3) is 0.562. The first-order chi connectivity index (χ1) is 21.0. The first-order valence-corrected chi connectivity index (χ1v) is 15.0. The van der Waals surface area contributed by atoms with Crippen LogP contribution in [0.25, 0.3) is 0 Å². The predicted molar refractivity (Wildman–Crippen MR) is 150 cm³/mol. The lowest BCUT2D eigenvalue weighted by molar-refractivity contribution is -0.150. The van der Waals surface area contributed by atoms with Gasteiger partial charge < -0.3 is 14.5 Å². The summed E-state index contributed by atoms with van der Waals surface area (Å²) in [5, 5.41) is 0. The largest absolute Gasteiger partial charge is 0.466 e. The number of amides is 2. The molecule has 0 N–H and O–H groups in total. The number of carbonyl (C=O) groups excluding carboxylic acids is 2. The van der Waals surface area contributed by atoms with Gasteiger partial charge in [-0.05, 0) is 93.0 Å². The summed E-state index contributed by atoms with van der Waals surface area (Å²) < 4.78 is 101. The number of hydrogen-bond donors (Lipinski definition) is 0. The summed E-state index contributed by atoms with van der Waals surface area (Å²) in [6.45, 7) is 6.65. The summed E-state index contributed by atoms with van der Waals surface area (Å²) in [5.41, 5.74) is -2.43. The Morgan fingerprint density at radius 1 is 1.07 bits per heavy atom. The third kappa shape index (κ3) is 6.37. The van der Waals surface area contributed by atoms with Crippen molar-refractivity contribution >= 4 is 12.0 Å². The van der Waals surface area contributed by atoms with E-state index in [0.717, 1.165) is 11.3 Å². The minimum atomic E-state index is -5.02. The number of esters is 1. The lowest BCUT2D eigenvalue weighted by atomic mass is 9.88. The number of likely N-dealkylation sites (tertiary alicyclic amines) is 2. The van der Waals surface area contributed by atoms with Crippen LogP contribution in [0, 0.1) is 24.1 Å². The van der Waals surface area contributed by atoms with Crippen LogP contribution in [0.1, 0.15) is 73.0 Å². The molecule has 246 valence electrons. The fourth-order valence-electron chi connectivity index (χ4n) is 7.02. The average Bonchev–Trinajstić information content (AvgIpc) is 3.55. The van der Waals surface area contributed by atoms with Crippen molar-refractivity contribution in [3.05, 3.63) is 70.0 Å². The van der Waals surface area contributed by atoms with Crippen LogP contribution < -0.4 is 0 Å². The molecule has 3 fully saturated rings. The number of carbonyl (C=O) groups is 2. The maximum atomic E-state index is 14.1. The molecule has 0 radical (unpaired) electrons. The van der Waals surface area contributed by atoms with Crippen LogP contribution in [0.5, 0.6) is 0 Å². The third-order valence-electron chi connectivity index (χ3n) is 9.76. The van der Waals surface area contributed by atoms with Crippen LogP contribution in [0.3, 0.4) is 0 Å². The van der Waals surface area contributed by atoms with E-state index in [4.69, 9.17) is 4.74 Å². The van der Waals surface area contributed by atoms with Crippen LogP contribution >= 0.6 is 0 Å². The molecule has 0 unspecified atom stereocenters. The number of fused-ring (bicyclic) bond motifs is 1. The first-order valence-electron chi connectivity index (χ1n) is 15.0. The van der Waals surface area contributed by atoms with Crippen molar-refractivity contribution in [3.8, 4) is 0 Å². The van der Waals surface area contributed by atoms with Crippen LogP contribution in [-0.2, 0) is 21.9 Å². The van der Waals surface area contributed by atoms with Crippen LogP contribution in [-0.4, -0.2) is 66.0 Å². The van der Waals surface area contributed by atoms with E-state index in [9.17, 15) is 40.3 Å². The standard InChI is InChI=1S/C32H36F7N3O3/c1-5-45-28(43)30-15-23(30)16-41(17-30)25-8-9-42(27(14-25)26-7-6-24(33)10-18(26)2)29(44)40(4)19(3)20-11-21(31(34,35)36)13-22(12-20)32(37,38)39/h6-7,10-13,19,23,25,27H,5,8-9,14-17H2,1-4H3/t19-,23+,25+,27-,30+/m1/s1. The van der Waals surface area contributed by atoms with E-state index in [1.54, 1.807) is 24.8 Å². The minimum absolute atomic E-state index is 0.0110. The Labute approximate surface area is 257 Å². The molecule has 5 rings (SSSR count). The summed E-state index contributed by atoms with van der Waals surface area (Å²) in [4.78, 5) is 31.6. The molecule has 2 saturated heterocycles. The average molecular weight is 644 g/mol. The topological polar surface area (TPSA) is 53.1 Å². The zero-order valence-corrected chi connectivity index (χ0v) is 25.4. The molecule has 0 spiro atoms. The van der Waals surface area contributed by atoms with Gasteiger partial charge in [0.1, 0.15) is 5.82 Å². The van der Waals surface area contributed by atoms with E-state index >= 15 is 0 Å². The highest BCUT2D eigenvalue weighted by atomic mass is 19.4. The highest BCUT2D eigenvalue weighted by Gasteiger charge is 2.66. The molecule has 1 saturated carbocycles. The lowest BCUT2D eigenvalue weighted by Gasteiger charge is -2.45. The number of urea groups is 1. The van der Waals surface area contributed by atoms with E-state index in [2.05, 4.69) is 4.90 Å². The summed E-state index contributed by atoms with van der Waals surface area (Å²) in [5.74, 6) is -0.452. The van der Waals surface area contributed by atoms with Gasteiger partial charge in [-0.3, -0.25) is 9.69 Å². The Hall–Kier alpha value is -3.35. The molecule has 5 atom stereocenters. The van der Waals surface area contributed by atoms with Gasteiger partial charge in [0.05, 0.1) is 35.2 Å². The molecule has 13 heteroatoms. The van der Waals surface area contributed by atoms with Gasteiger partial charge in [-0.25, -0.2) is 9.18 Å². The summed E-state index contributed by atoms with van der Waals surface area (Å²) in [6, 6.07) is 3.31. The van der Waals surface area contributed by atoms with E-state index in [-0.39, 0.29) is 36.1 Å². The Morgan fingerprint density at radius 3 is 2.29 bits per heavy atom. The predicted octanol–water partition coefficient (Wildman–Crippen LogP) is 7.38. The lowest BCUT2D eigenvalue weighted by Crippen LogP contribution is -2.52. The summed E-state index contributed by atoms with van der Waals surface area (Å²) in [6.07, 6.45) is -8.28. The number of nitrogens with zero attached hydrogens (tertiary/aromatic N) is 3. The Balaban J connectivity index is 1.41. The SMILES string of the molecule is CCOC(=O)[C@]12C[C@H]1CN([C@H]1CCN(C(=O)N(C)[C@H](C)c3cc(C(F)(F)F)cc(C(F)(F)F)c3)[C@@H](c3ccc(F)cc3C)C1)C2. The molecular formula is C32H36F7N3O3. The molecule has 2 aromatic rings. The first kappa shape index (κ1) is 33.0. The van der Waals surface area contributed by atoms with Crippen molar-refractivity contribution < 1.29 is 45.1 Å². The number of hydrogen-bond acceptors (Lipinski definition) is 4. The third-order valence-corrected chi connectivity index (χ3v) is 9.76. The number of piperidine rings is 2. The second kappa shape index (κ2) is 11.8. The molecule has 0 aromatic heterocycles. The van der Waals surface area contributed by atoms with Crippen molar-refractivity contribution in [2.45, 2.75) is 70.5 Å². The van der Waals surface area contributed by atoms with Gasteiger partial charge in [0.15, 0.2) is 0 Å². The van der Waals surface area contributed by atoms with Gasteiger partial charge >= 0.3 is 24.4 Å². The highest BCUT2D eigenvalue weighted by molar-refractivity contribution is 5.81. The van der Waals surface area contributed by atoms with Gasteiger partial charge in [-0.2, -0.15) is 26.3 Å². The number of rotatable bonds is 6. The Kier molecular flexibility index (Phi) is 8.65. The van der Waals surface area contributed by atoms with Crippen LogP contribution in [0.4, 0.5) is 35.5 Å². The van der Waals surface area contributed by atoms with E-state index in [1.807, 2.05) is 0 Å². The number of alkyl halides is 6. The second-order valence-corrected chi connectivity index (χ2v) is 12.5. The van der Waals surface area contributed by atoms with Crippen molar-refractivity contribution in [3.63, 3.8) is 0 Å². The zero-order valence-electron chi connectivity index (χ0n) is 25.4. The maximum Gasteiger partial charge on any atom is 0.416 e. The van der Waals surface area contributed by atoms with Gasteiger partial charge in [0, 0.05) is 32.7 Å². The number of ether oxygens (including phenoxy) is 1. The molecule has 45 heavy (non-hydrogen) atoms. The van der Waals surface area contributed by atoms with Crippen molar-refractivity contribution in [2.75, 3.05) is 33.3 Å². The molecule has 0 bridgehead atoms. The monoisotopic (exact) mass is 643 g/mol. The normalized spacial score (nSPS) is 25.9. The summed E-state index contributed by atoms with van der Waals surface area (Å²) in [7, 11) is 1.35. The van der Waals surface area contributed by atoms with Crippen molar-refractivity contribution in [2.24, 2.45) is 11.3 Å². The molecule has 6 nitrogen and oxygen atoms in total. The molecule has 2 aromatic carbocycles. The molecule has 1 aliphatic carbocycles. The van der Waals surface area contributed by atoms with Crippen molar-refractivity contribution in [1.29, 1.82) is 0 Å². The molecule has 3 aliphatic rings. The maximum absolute atomic E-state index is 14.1. The van der Waals surface area contributed by atoms with E-state index in [1.165, 1.54) is 26.1 Å². The molecule has 2 heterocycles. The number of halogens is 7. The van der Waals surface area contributed by atoms with Gasteiger partial charge in [-0.1, -0.05) is 6.07 Å². The van der Waals surface area contributed by atoms with Gasteiger partial charge in [-0.15, -0.1) is 0 Å². The summed E-state index contributed by atoms with van der Waals surface area (Å²) >= 11 is 0. The van der Waals surface area contributed by atoms with Gasteiger partial charge in [0.25, 0.3) is 0 Å². The smallest absolute Gasteiger partial charge is 0.416 e. The highest BCUT2D eigenvalue weighted by Crippen LogP contribution is 2.59. The van der Waals surface area contributed by atoms with Gasteiger partial charge in [0.2, 0.25) is 0 Å². The minimum Gasteiger partial charge on any atom is -0.466 e. The molecule has 2 amide bonds. The zero-order chi connectivity index (χ0) is 33.1. The number of benzene rings is 2. The van der Waals surface area contributed by atoms with E-state index in [0.29, 0.717) is 55.8 Å². The second-order valence-electron chi connectivity index (χ2n) is 12.5. The fourth-order valence-corrected chi connectivity index (χ4v) is 7.02. The van der Waals surface area contributed by atoms with E-state index < -0.39 is 52.8 Å². The van der Waals surface area contributed by atoms with Crippen LogP contribution in [0.15, 0.2) is 36.4 Å². The van der Waals surface area contributed by atoms with Crippen LogP contribution in [0.2, 0.25) is 0 Å². The Morgan fingerprint density at radius 2 is 1.71 bits per heavy atom. The Bertz CT molecular complexity index is 1430. The van der Waals surface area contributed by atoms with Crippen molar-refractivity contribution in [1.82, 2.24) is 14.7 Å². The molecular weight excluding hydrogens is 607 g/mol. The number of aryl methyl sites for hydroxylation is 1. The molecule has 2 aliphatic heterocycles.